The summed E-state index contributed by atoms with van der Waals surface area (Å²) in [6.07, 6.45) is 13.5. The minimum absolute atomic E-state index is 0.0854. The number of rotatable bonds is 2. The van der Waals surface area contributed by atoms with Crippen molar-refractivity contribution in [3.05, 3.63) is 54.5 Å². The van der Waals surface area contributed by atoms with Crippen molar-refractivity contribution in [2.45, 2.75) is 32.2 Å². The Labute approximate surface area is 119 Å². The highest BCUT2D eigenvalue weighted by molar-refractivity contribution is 5.99. The van der Waals surface area contributed by atoms with Crippen LogP contribution in [0.4, 0.5) is 0 Å². The fourth-order valence-electron chi connectivity index (χ4n) is 3.57. The highest BCUT2D eigenvalue weighted by Crippen LogP contribution is 2.31. The van der Waals surface area contributed by atoms with Crippen LogP contribution in [0.25, 0.3) is 22.5 Å². The lowest BCUT2D eigenvalue weighted by molar-refractivity contribution is -0.729. The van der Waals surface area contributed by atoms with Crippen molar-refractivity contribution in [3.63, 3.8) is 0 Å². The maximum Gasteiger partial charge on any atom is 0.295 e. The predicted molar refractivity (Wildman–Crippen MR) is 82.7 cm³/mol. The van der Waals surface area contributed by atoms with Crippen LogP contribution in [-0.2, 0) is 5.54 Å². The molecule has 0 N–H and O–H groups in total. The third kappa shape index (κ3) is 1.31. The minimum Gasteiger partial charge on any atom is -0.221 e. The van der Waals surface area contributed by atoms with E-state index in [2.05, 4.69) is 77.8 Å². The molecular formula is C18H19N2+. The fourth-order valence-corrected chi connectivity index (χ4v) is 3.57. The van der Waals surface area contributed by atoms with Crippen molar-refractivity contribution in [1.29, 1.82) is 0 Å². The van der Waals surface area contributed by atoms with Crippen LogP contribution in [0.5, 0.6) is 0 Å². The molecule has 4 rings (SSSR count). The summed E-state index contributed by atoms with van der Waals surface area (Å²) in [7, 11) is 0. The summed E-state index contributed by atoms with van der Waals surface area (Å²) in [5.41, 5.74) is 2.72. The highest BCUT2D eigenvalue weighted by Gasteiger charge is 2.35. The molecule has 0 radical (unpaired) electrons. The van der Waals surface area contributed by atoms with Gasteiger partial charge in [-0.25, -0.2) is 8.97 Å². The van der Waals surface area contributed by atoms with Gasteiger partial charge in [-0.15, -0.1) is 0 Å². The van der Waals surface area contributed by atoms with Crippen LogP contribution >= 0.6 is 0 Å². The van der Waals surface area contributed by atoms with Gasteiger partial charge >= 0.3 is 0 Å². The van der Waals surface area contributed by atoms with Gasteiger partial charge in [0.15, 0.2) is 0 Å². The first-order chi connectivity index (χ1) is 9.79. The second-order valence-electron chi connectivity index (χ2n) is 5.67. The molecule has 3 heterocycles. The molecule has 0 unspecified atom stereocenters. The topological polar surface area (TPSA) is 8.29 Å². The van der Waals surface area contributed by atoms with E-state index in [-0.39, 0.29) is 5.54 Å². The first-order valence-electron chi connectivity index (χ1n) is 7.43. The molecule has 0 fully saturated rings. The van der Waals surface area contributed by atoms with Crippen LogP contribution in [0.2, 0.25) is 0 Å². The van der Waals surface area contributed by atoms with E-state index in [1.165, 1.54) is 22.0 Å². The van der Waals surface area contributed by atoms with Crippen LogP contribution in [-0.4, -0.2) is 4.40 Å². The van der Waals surface area contributed by atoms with E-state index in [4.69, 9.17) is 0 Å². The molecule has 100 valence electrons. The first-order valence-corrected chi connectivity index (χ1v) is 7.43. The molecular weight excluding hydrogens is 244 g/mol. The van der Waals surface area contributed by atoms with Crippen molar-refractivity contribution in [1.82, 2.24) is 4.40 Å². The van der Waals surface area contributed by atoms with Crippen LogP contribution in [0.1, 0.15) is 32.3 Å². The number of aromatic nitrogens is 2. The number of nitrogens with zero attached hydrogens (tertiary/aromatic N) is 2. The number of allylic oxidation sites excluding steroid dienone is 1. The van der Waals surface area contributed by atoms with Crippen LogP contribution < -0.4 is 4.57 Å². The Balaban J connectivity index is 2.26. The van der Waals surface area contributed by atoms with Gasteiger partial charge in [0.2, 0.25) is 0 Å². The largest absolute Gasteiger partial charge is 0.295 e. The molecule has 2 nitrogen and oxygen atoms in total. The molecule has 0 bridgehead atoms. The number of hydrogen-bond donors (Lipinski definition) is 0. The Morgan fingerprint density at radius 3 is 2.75 bits per heavy atom. The Morgan fingerprint density at radius 1 is 1.10 bits per heavy atom. The normalized spacial score (nSPS) is 16.1. The van der Waals surface area contributed by atoms with Gasteiger partial charge in [-0.3, -0.25) is 0 Å². The van der Waals surface area contributed by atoms with Crippen LogP contribution in [0.15, 0.2) is 48.9 Å². The summed E-state index contributed by atoms with van der Waals surface area (Å²) in [4.78, 5) is 0. The maximum atomic E-state index is 2.46. The monoisotopic (exact) mass is 263 g/mol. The fraction of sp³-hybridized carbons (Fsp3) is 0.278. The summed E-state index contributed by atoms with van der Waals surface area (Å²) in [5, 5.41) is 2.68. The molecule has 0 saturated carbocycles. The predicted octanol–water partition coefficient (Wildman–Crippen LogP) is 3.92. The van der Waals surface area contributed by atoms with Crippen LogP contribution in [0, 0.1) is 0 Å². The van der Waals surface area contributed by atoms with Gasteiger partial charge in [0.1, 0.15) is 17.9 Å². The first kappa shape index (κ1) is 11.7. The summed E-state index contributed by atoms with van der Waals surface area (Å²) in [6.45, 7) is 4.56. The molecule has 1 aromatic carbocycles. The lowest BCUT2D eigenvalue weighted by Gasteiger charge is -2.24. The molecule has 0 amide bonds. The van der Waals surface area contributed by atoms with E-state index >= 15 is 0 Å². The number of imidazole rings is 1. The zero-order valence-electron chi connectivity index (χ0n) is 12.0. The summed E-state index contributed by atoms with van der Waals surface area (Å²) >= 11 is 0. The Bertz CT molecular complexity index is 835. The molecule has 0 atom stereocenters. The molecule has 2 aromatic heterocycles. The minimum atomic E-state index is 0.0854. The molecule has 1 aliphatic rings. The highest BCUT2D eigenvalue weighted by atomic mass is 15.1. The standard InChI is InChI=1S/C18H19N2/c1-3-18(4-2)10-8-14-6-5-7-15-9-11-19-12-13-20(18)17(19)16(14)15/h5-13H,3-4H2,1-2H3/q+1. The lowest BCUT2D eigenvalue weighted by atomic mass is 9.92. The van der Waals surface area contributed by atoms with E-state index in [1.54, 1.807) is 0 Å². The van der Waals surface area contributed by atoms with Gasteiger partial charge in [-0.2, -0.15) is 0 Å². The quantitative estimate of drug-likeness (QED) is 0.619. The Hall–Kier alpha value is -2.09. The third-order valence-electron chi connectivity index (χ3n) is 4.89. The van der Waals surface area contributed by atoms with Gasteiger partial charge < -0.3 is 0 Å². The van der Waals surface area contributed by atoms with E-state index in [0.29, 0.717) is 0 Å². The van der Waals surface area contributed by atoms with Gasteiger partial charge in [-0.05, 0) is 35.9 Å². The van der Waals surface area contributed by atoms with Crippen LogP contribution in [0.3, 0.4) is 0 Å². The molecule has 0 aliphatic carbocycles. The van der Waals surface area contributed by atoms with Crippen molar-refractivity contribution in [3.8, 4) is 0 Å². The Kier molecular flexibility index (Phi) is 2.31. The average Bonchev–Trinajstić information content (AvgIpc) is 2.88. The molecule has 3 aromatic rings. The average molecular weight is 263 g/mol. The zero-order chi connectivity index (χ0) is 13.7. The number of benzene rings is 1. The molecule has 2 heteroatoms. The van der Waals surface area contributed by atoms with Gasteiger partial charge in [-0.1, -0.05) is 38.1 Å². The molecule has 1 aliphatic heterocycles. The third-order valence-corrected chi connectivity index (χ3v) is 4.89. The second kappa shape index (κ2) is 3.95. The summed E-state index contributed by atoms with van der Waals surface area (Å²) < 4.78 is 4.71. The van der Waals surface area contributed by atoms with E-state index < -0.39 is 0 Å². The SMILES string of the molecule is CCC1(CC)C=Cc2cccc3ccn4cc[n+]1c4c23. The summed E-state index contributed by atoms with van der Waals surface area (Å²) in [6, 6.07) is 8.78. The Morgan fingerprint density at radius 2 is 1.95 bits per heavy atom. The second-order valence-corrected chi connectivity index (χ2v) is 5.67. The molecule has 20 heavy (non-hydrogen) atoms. The van der Waals surface area contributed by atoms with Gasteiger partial charge in [0.05, 0.1) is 11.6 Å². The van der Waals surface area contributed by atoms with Gasteiger partial charge in [0.25, 0.3) is 5.65 Å². The maximum absolute atomic E-state index is 2.46. The zero-order valence-corrected chi connectivity index (χ0v) is 12.0. The van der Waals surface area contributed by atoms with E-state index in [0.717, 1.165) is 12.8 Å². The van der Waals surface area contributed by atoms with Gasteiger partial charge in [0, 0.05) is 0 Å². The number of hydrogen-bond acceptors (Lipinski definition) is 0. The molecule has 0 saturated heterocycles. The lowest BCUT2D eigenvalue weighted by Crippen LogP contribution is -2.53. The van der Waals surface area contributed by atoms with E-state index in [9.17, 15) is 0 Å². The van der Waals surface area contributed by atoms with E-state index in [1.807, 2.05) is 0 Å². The number of pyridine rings is 1. The van der Waals surface area contributed by atoms with Crippen molar-refractivity contribution in [2.24, 2.45) is 0 Å². The van der Waals surface area contributed by atoms with Crippen molar-refractivity contribution in [2.75, 3.05) is 0 Å². The van der Waals surface area contributed by atoms with Crippen molar-refractivity contribution < 1.29 is 4.57 Å². The molecule has 0 spiro atoms. The smallest absolute Gasteiger partial charge is 0.221 e. The summed E-state index contributed by atoms with van der Waals surface area (Å²) in [5.74, 6) is 0. The van der Waals surface area contributed by atoms with Crippen molar-refractivity contribution >= 4 is 22.5 Å².